The largest absolute Gasteiger partial charge is 0.306 e. The van der Waals surface area contributed by atoms with Crippen LogP contribution < -0.4 is 0 Å². The molecule has 0 saturated carbocycles. The number of nitrogens with zero attached hydrogens (tertiary/aromatic N) is 4. The minimum absolute atomic E-state index is 0.475. The number of aryl methyl sites for hydroxylation is 1. The summed E-state index contributed by atoms with van der Waals surface area (Å²) in [7, 11) is 2.17. The Morgan fingerprint density at radius 1 is 1.12 bits per heavy atom. The van der Waals surface area contributed by atoms with Crippen LogP contribution in [0.2, 0.25) is 0 Å². The highest BCUT2D eigenvalue weighted by molar-refractivity contribution is 5.71. The third-order valence-electron chi connectivity index (χ3n) is 4.32. The van der Waals surface area contributed by atoms with Gasteiger partial charge in [-0.2, -0.15) is 10.4 Å². The Kier molecular flexibility index (Phi) is 9.69. The highest BCUT2D eigenvalue weighted by Gasteiger charge is 2.20. The summed E-state index contributed by atoms with van der Waals surface area (Å²) < 4.78 is 2.10. The van der Waals surface area contributed by atoms with Gasteiger partial charge in [-0.25, -0.2) is 0 Å². The van der Waals surface area contributed by atoms with Crippen molar-refractivity contribution in [2.75, 3.05) is 20.1 Å². The van der Waals surface area contributed by atoms with Crippen molar-refractivity contribution in [3.63, 3.8) is 0 Å². The first-order valence-corrected chi connectivity index (χ1v) is 9.84. The van der Waals surface area contributed by atoms with Gasteiger partial charge < -0.3 is 4.90 Å². The minimum Gasteiger partial charge on any atom is -0.306 e. The number of nitriles is 1. The van der Waals surface area contributed by atoms with E-state index in [9.17, 15) is 5.26 Å². The lowest BCUT2D eigenvalue weighted by atomic mass is 10.0. The Bertz CT molecular complexity index is 688. The number of piperidine rings is 1. The van der Waals surface area contributed by atoms with Crippen LogP contribution in [0.1, 0.15) is 64.3 Å². The van der Waals surface area contributed by atoms with Crippen LogP contribution in [0.4, 0.5) is 0 Å². The van der Waals surface area contributed by atoms with Crippen molar-refractivity contribution >= 4 is 0 Å². The Balaban J connectivity index is 0.000000615. The van der Waals surface area contributed by atoms with Gasteiger partial charge in [-0.3, -0.25) is 4.68 Å². The maximum Gasteiger partial charge on any atom is 0.0998 e. The Hall–Kier alpha value is -2.12. The molecule has 0 radical (unpaired) electrons. The monoisotopic (exact) mass is 354 g/mol. The average molecular weight is 355 g/mol. The molecule has 0 spiro atoms. The minimum atomic E-state index is 0.475. The van der Waals surface area contributed by atoms with E-state index in [-0.39, 0.29) is 0 Å². The fourth-order valence-corrected chi connectivity index (χ4v) is 3.01. The molecule has 0 bridgehead atoms. The summed E-state index contributed by atoms with van der Waals surface area (Å²) in [5, 5.41) is 14.0. The molecule has 0 atom stereocenters. The number of likely N-dealkylation sites (tertiary alicyclic amines) is 1. The van der Waals surface area contributed by atoms with Crippen molar-refractivity contribution in [2.24, 2.45) is 0 Å². The molecule has 142 valence electrons. The molecule has 1 aromatic heterocycles. The van der Waals surface area contributed by atoms with Crippen molar-refractivity contribution in [3.8, 4) is 17.2 Å². The van der Waals surface area contributed by atoms with E-state index in [0.717, 1.165) is 42.8 Å². The van der Waals surface area contributed by atoms with Crippen LogP contribution in [0, 0.1) is 18.3 Å². The Morgan fingerprint density at radius 2 is 1.69 bits per heavy atom. The van der Waals surface area contributed by atoms with Gasteiger partial charge in [-0.15, -0.1) is 0 Å². The van der Waals surface area contributed by atoms with Crippen molar-refractivity contribution in [3.05, 3.63) is 41.7 Å². The van der Waals surface area contributed by atoms with E-state index < -0.39 is 0 Å². The molecule has 0 aliphatic carbocycles. The van der Waals surface area contributed by atoms with E-state index >= 15 is 0 Å². The van der Waals surface area contributed by atoms with Gasteiger partial charge in [0, 0.05) is 17.3 Å². The van der Waals surface area contributed by atoms with Gasteiger partial charge in [0.15, 0.2) is 0 Å². The molecule has 4 heteroatoms. The number of rotatable bonds is 2. The predicted molar refractivity (Wildman–Crippen MR) is 110 cm³/mol. The van der Waals surface area contributed by atoms with E-state index in [1.807, 2.05) is 45.0 Å². The van der Waals surface area contributed by atoms with E-state index in [1.165, 1.54) is 6.42 Å². The summed E-state index contributed by atoms with van der Waals surface area (Å²) in [6.07, 6.45) is 5.63. The lowest BCUT2D eigenvalue weighted by molar-refractivity contribution is 0.212. The molecular formula is C22H34N4. The van der Waals surface area contributed by atoms with E-state index in [4.69, 9.17) is 5.10 Å². The predicted octanol–water partition coefficient (Wildman–Crippen LogP) is 5.44. The third-order valence-corrected chi connectivity index (χ3v) is 4.32. The first kappa shape index (κ1) is 21.9. The summed E-state index contributed by atoms with van der Waals surface area (Å²) in [5.41, 5.74) is 3.77. The highest BCUT2D eigenvalue weighted by Crippen LogP contribution is 2.29. The number of benzene rings is 1. The zero-order valence-electron chi connectivity index (χ0n) is 17.3. The first-order chi connectivity index (χ1) is 12.6. The second-order valence-electron chi connectivity index (χ2n) is 6.51. The van der Waals surface area contributed by atoms with E-state index in [2.05, 4.69) is 42.7 Å². The molecule has 3 rings (SSSR count). The molecule has 0 N–H and O–H groups in total. The fourth-order valence-electron chi connectivity index (χ4n) is 3.01. The molecule has 1 fully saturated rings. The standard InChI is InChI=1S/C17H20N4.C3H8.C2H6/c1-13-17(16-6-4-3-5-14(16)11-18)12-21(19-13)15-7-9-20(2)10-8-15;1-3-2;1-2/h3-6,12,15H,7-10H2,1-2H3;3H2,1-2H3;1-2H3. The maximum absolute atomic E-state index is 9.27. The molecule has 0 unspecified atom stereocenters. The second kappa shape index (κ2) is 11.5. The smallest absolute Gasteiger partial charge is 0.0998 e. The Labute approximate surface area is 159 Å². The highest BCUT2D eigenvalue weighted by atomic mass is 15.3. The molecular weight excluding hydrogens is 320 g/mol. The summed E-state index contributed by atoms with van der Waals surface area (Å²) in [6.45, 7) is 12.5. The van der Waals surface area contributed by atoms with Crippen molar-refractivity contribution < 1.29 is 0 Å². The van der Waals surface area contributed by atoms with Gasteiger partial charge in [0.25, 0.3) is 0 Å². The molecule has 1 aliphatic heterocycles. The van der Waals surface area contributed by atoms with Crippen LogP contribution in [-0.2, 0) is 0 Å². The normalized spacial score (nSPS) is 14.5. The zero-order valence-corrected chi connectivity index (χ0v) is 17.3. The molecule has 1 aliphatic rings. The second-order valence-corrected chi connectivity index (χ2v) is 6.51. The maximum atomic E-state index is 9.27. The molecule has 2 heterocycles. The molecule has 1 saturated heterocycles. The number of hydrogen-bond acceptors (Lipinski definition) is 3. The topological polar surface area (TPSA) is 44.9 Å². The van der Waals surface area contributed by atoms with E-state index in [0.29, 0.717) is 11.6 Å². The Morgan fingerprint density at radius 3 is 2.27 bits per heavy atom. The van der Waals surface area contributed by atoms with Gasteiger partial charge in [0.1, 0.15) is 0 Å². The van der Waals surface area contributed by atoms with Crippen LogP contribution in [-0.4, -0.2) is 34.8 Å². The van der Waals surface area contributed by atoms with Gasteiger partial charge in [0.2, 0.25) is 0 Å². The van der Waals surface area contributed by atoms with Crippen molar-refractivity contribution in [2.45, 2.75) is 59.9 Å². The van der Waals surface area contributed by atoms with E-state index in [1.54, 1.807) is 0 Å². The van der Waals surface area contributed by atoms with Crippen LogP contribution in [0.15, 0.2) is 30.5 Å². The van der Waals surface area contributed by atoms with Gasteiger partial charge in [0.05, 0.1) is 23.4 Å². The number of hydrogen-bond donors (Lipinski definition) is 0. The zero-order chi connectivity index (χ0) is 19.5. The quantitative estimate of drug-likeness (QED) is 0.721. The van der Waals surface area contributed by atoms with Crippen LogP contribution in [0.5, 0.6) is 0 Å². The lowest BCUT2D eigenvalue weighted by Crippen LogP contribution is -2.31. The SMILES string of the molecule is CC.CCC.Cc1nn(C2CCN(C)CC2)cc1-c1ccccc1C#N. The summed E-state index contributed by atoms with van der Waals surface area (Å²) in [4.78, 5) is 2.36. The van der Waals surface area contributed by atoms with Crippen LogP contribution >= 0.6 is 0 Å². The summed E-state index contributed by atoms with van der Waals surface area (Å²) >= 11 is 0. The molecule has 4 nitrogen and oxygen atoms in total. The van der Waals surface area contributed by atoms with Crippen molar-refractivity contribution in [1.82, 2.24) is 14.7 Å². The average Bonchev–Trinajstić information content (AvgIpc) is 3.06. The molecule has 1 aromatic carbocycles. The van der Waals surface area contributed by atoms with Gasteiger partial charge >= 0.3 is 0 Å². The van der Waals surface area contributed by atoms with Gasteiger partial charge in [-0.05, 0) is 46.0 Å². The van der Waals surface area contributed by atoms with Gasteiger partial charge in [-0.1, -0.05) is 52.3 Å². The lowest BCUT2D eigenvalue weighted by Gasteiger charge is -2.29. The third kappa shape index (κ3) is 5.71. The molecule has 26 heavy (non-hydrogen) atoms. The first-order valence-electron chi connectivity index (χ1n) is 9.84. The molecule has 2 aromatic rings. The number of aromatic nitrogens is 2. The van der Waals surface area contributed by atoms with Crippen molar-refractivity contribution in [1.29, 1.82) is 5.26 Å². The fraction of sp³-hybridized carbons (Fsp3) is 0.545. The summed E-state index contributed by atoms with van der Waals surface area (Å²) in [5.74, 6) is 0. The molecule has 0 amide bonds. The van der Waals surface area contributed by atoms with Crippen LogP contribution in [0.25, 0.3) is 11.1 Å². The van der Waals surface area contributed by atoms with Crippen LogP contribution in [0.3, 0.4) is 0 Å². The summed E-state index contributed by atoms with van der Waals surface area (Å²) in [6, 6.07) is 10.5.